The van der Waals surface area contributed by atoms with Crippen LogP contribution in [0.2, 0.25) is 0 Å². The number of hydrogen-bond donors (Lipinski definition) is 1. The molecule has 7 nitrogen and oxygen atoms in total. The van der Waals surface area contributed by atoms with E-state index in [2.05, 4.69) is 47.8 Å². The summed E-state index contributed by atoms with van der Waals surface area (Å²) in [4.78, 5) is 25.8. The van der Waals surface area contributed by atoms with Crippen LogP contribution >= 0.6 is 24.0 Å². The van der Waals surface area contributed by atoms with Crippen molar-refractivity contribution >= 4 is 35.8 Å². The van der Waals surface area contributed by atoms with Crippen molar-refractivity contribution in [2.45, 2.75) is 33.7 Å². The van der Waals surface area contributed by atoms with E-state index in [1.54, 1.807) is 6.92 Å². The topological polar surface area (TPSA) is 54.4 Å². The summed E-state index contributed by atoms with van der Waals surface area (Å²) in [5.74, 6) is 1.75. The highest BCUT2D eigenvalue weighted by Crippen LogP contribution is 2.14. The Morgan fingerprint density at radius 3 is 2.04 bits per heavy atom. The van der Waals surface area contributed by atoms with E-state index in [9.17, 15) is 4.79 Å². The first kappa shape index (κ1) is 24.4. The smallest absolute Gasteiger partial charge is 0.219 e. The molecule has 0 saturated carbocycles. The van der Waals surface area contributed by atoms with Crippen LogP contribution in [0.1, 0.15) is 27.7 Å². The molecular formula is C19H39IN6O. The number of guanidine groups is 1. The third kappa shape index (κ3) is 7.38. The number of amides is 1. The minimum absolute atomic E-state index is 0. The van der Waals surface area contributed by atoms with Gasteiger partial charge >= 0.3 is 0 Å². The lowest BCUT2D eigenvalue weighted by molar-refractivity contribution is -0.130. The molecule has 0 spiro atoms. The maximum Gasteiger partial charge on any atom is 0.219 e. The Morgan fingerprint density at radius 2 is 1.56 bits per heavy atom. The van der Waals surface area contributed by atoms with Crippen LogP contribution in [0.5, 0.6) is 0 Å². The third-order valence-electron chi connectivity index (χ3n) is 5.56. The average Bonchev–Trinajstić information content (AvgIpc) is 2.62. The zero-order valence-electron chi connectivity index (χ0n) is 17.8. The third-order valence-corrected chi connectivity index (χ3v) is 5.56. The Hall–Kier alpha value is -0.610. The van der Waals surface area contributed by atoms with Gasteiger partial charge in [0.25, 0.3) is 0 Å². The maximum atomic E-state index is 11.5. The lowest BCUT2D eigenvalue weighted by Gasteiger charge is -2.40. The molecule has 0 aromatic rings. The molecule has 0 aliphatic carbocycles. The zero-order chi connectivity index (χ0) is 19.1. The molecule has 1 N–H and O–H groups in total. The summed E-state index contributed by atoms with van der Waals surface area (Å²) in [5.41, 5.74) is 0. The predicted octanol–water partition coefficient (Wildman–Crippen LogP) is 1.01. The van der Waals surface area contributed by atoms with Gasteiger partial charge in [-0.05, 0) is 19.9 Å². The van der Waals surface area contributed by atoms with E-state index in [4.69, 9.17) is 4.99 Å². The molecule has 2 aliphatic rings. The molecule has 0 bridgehead atoms. The van der Waals surface area contributed by atoms with Gasteiger partial charge in [0.05, 0.1) is 6.54 Å². The fraction of sp³-hybridized carbons (Fsp3) is 0.895. The quantitative estimate of drug-likeness (QED) is 0.351. The van der Waals surface area contributed by atoms with Crippen molar-refractivity contribution in [3.63, 3.8) is 0 Å². The van der Waals surface area contributed by atoms with Crippen molar-refractivity contribution in [2.75, 3.05) is 72.5 Å². The van der Waals surface area contributed by atoms with Crippen LogP contribution in [-0.4, -0.2) is 110 Å². The first-order valence-electron chi connectivity index (χ1n) is 10.1. The van der Waals surface area contributed by atoms with Gasteiger partial charge in [0.1, 0.15) is 0 Å². The van der Waals surface area contributed by atoms with Crippen molar-refractivity contribution in [3.8, 4) is 0 Å². The van der Waals surface area contributed by atoms with Gasteiger partial charge in [-0.1, -0.05) is 13.8 Å². The lowest BCUT2D eigenvalue weighted by Crippen LogP contribution is -2.54. The van der Waals surface area contributed by atoms with Crippen LogP contribution < -0.4 is 5.32 Å². The summed E-state index contributed by atoms with van der Waals surface area (Å²) in [6.45, 7) is 17.9. The summed E-state index contributed by atoms with van der Waals surface area (Å²) >= 11 is 0. The van der Waals surface area contributed by atoms with Crippen molar-refractivity contribution < 1.29 is 4.79 Å². The molecule has 8 heteroatoms. The molecule has 2 aliphatic heterocycles. The highest BCUT2D eigenvalue weighted by molar-refractivity contribution is 14.0. The number of nitrogens with zero attached hydrogens (tertiary/aromatic N) is 5. The highest BCUT2D eigenvalue weighted by atomic mass is 127. The molecule has 1 atom stereocenters. The Morgan fingerprint density at radius 1 is 1.00 bits per heavy atom. The Balaban J connectivity index is 0.00000364. The van der Waals surface area contributed by atoms with Gasteiger partial charge in [-0.3, -0.25) is 14.7 Å². The number of piperazine rings is 2. The monoisotopic (exact) mass is 494 g/mol. The fourth-order valence-corrected chi connectivity index (χ4v) is 3.74. The van der Waals surface area contributed by atoms with Crippen molar-refractivity contribution in [1.82, 2.24) is 24.9 Å². The standard InChI is InChI=1S/C19H38N6O.HI/c1-6-20-19(25-13-11-23(12-14-25)17(4)26)21-15-18(16(2)3)24-9-7-22(5)8-10-24;/h16,18H,6-15H2,1-5H3,(H,20,21);1H. The molecule has 0 radical (unpaired) electrons. The van der Waals surface area contributed by atoms with Crippen LogP contribution in [0.3, 0.4) is 0 Å². The number of rotatable bonds is 5. The Kier molecular flexibility index (Phi) is 10.9. The Labute approximate surface area is 182 Å². The summed E-state index contributed by atoms with van der Waals surface area (Å²) in [7, 11) is 2.20. The molecule has 0 aromatic carbocycles. The normalized spacial score (nSPS) is 21.2. The van der Waals surface area contributed by atoms with E-state index >= 15 is 0 Å². The number of likely N-dealkylation sites (N-methyl/N-ethyl adjacent to an activating group) is 1. The van der Waals surface area contributed by atoms with E-state index in [1.165, 1.54) is 0 Å². The molecular weight excluding hydrogens is 455 g/mol. The molecule has 1 unspecified atom stereocenters. The van der Waals surface area contributed by atoms with Crippen LogP contribution in [0.15, 0.2) is 4.99 Å². The highest BCUT2D eigenvalue weighted by Gasteiger charge is 2.26. The molecule has 2 fully saturated rings. The van der Waals surface area contributed by atoms with Gasteiger partial charge < -0.3 is 20.0 Å². The van der Waals surface area contributed by atoms with E-state index in [-0.39, 0.29) is 29.9 Å². The van der Waals surface area contributed by atoms with Crippen LogP contribution in [-0.2, 0) is 4.79 Å². The first-order chi connectivity index (χ1) is 12.4. The molecule has 0 aromatic heterocycles. The number of carbonyl (C=O) groups is 1. The second kappa shape index (κ2) is 12.1. The molecule has 158 valence electrons. The summed E-state index contributed by atoms with van der Waals surface area (Å²) < 4.78 is 0. The number of carbonyl (C=O) groups excluding carboxylic acids is 1. The zero-order valence-corrected chi connectivity index (χ0v) is 20.1. The van der Waals surface area contributed by atoms with Gasteiger partial charge in [-0.15, -0.1) is 24.0 Å². The van der Waals surface area contributed by atoms with Gasteiger partial charge in [-0.2, -0.15) is 0 Å². The SMILES string of the molecule is CCNC(=NCC(C(C)C)N1CCN(C)CC1)N1CCN(C(C)=O)CC1.I. The van der Waals surface area contributed by atoms with Gasteiger partial charge in [0, 0.05) is 71.9 Å². The molecule has 1 amide bonds. The maximum absolute atomic E-state index is 11.5. The minimum Gasteiger partial charge on any atom is -0.357 e. The van der Waals surface area contributed by atoms with E-state index in [0.29, 0.717) is 12.0 Å². The predicted molar refractivity (Wildman–Crippen MR) is 123 cm³/mol. The minimum atomic E-state index is 0. The van der Waals surface area contributed by atoms with Gasteiger partial charge in [0.15, 0.2) is 5.96 Å². The first-order valence-corrected chi connectivity index (χ1v) is 10.1. The number of aliphatic imine (C=N–C) groups is 1. The number of nitrogens with one attached hydrogen (secondary N) is 1. The van der Waals surface area contributed by atoms with Crippen LogP contribution in [0.4, 0.5) is 0 Å². The largest absolute Gasteiger partial charge is 0.357 e. The van der Waals surface area contributed by atoms with Crippen molar-refractivity contribution in [1.29, 1.82) is 0 Å². The van der Waals surface area contributed by atoms with Crippen LogP contribution in [0.25, 0.3) is 0 Å². The summed E-state index contributed by atoms with van der Waals surface area (Å²) in [5, 5.41) is 3.45. The van der Waals surface area contributed by atoms with Crippen molar-refractivity contribution in [3.05, 3.63) is 0 Å². The second-order valence-electron chi connectivity index (χ2n) is 7.84. The summed E-state index contributed by atoms with van der Waals surface area (Å²) in [6, 6.07) is 0.482. The van der Waals surface area contributed by atoms with E-state index in [0.717, 1.165) is 71.4 Å². The van der Waals surface area contributed by atoms with Gasteiger partial charge in [-0.25, -0.2) is 0 Å². The van der Waals surface area contributed by atoms with E-state index in [1.807, 2.05) is 4.90 Å². The molecule has 2 heterocycles. The number of halogens is 1. The molecule has 2 saturated heterocycles. The van der Waals surface area contributed by atoms with Crippen molar-refractivity contribution in [2.24, 2.45) is 10.9 Å². The average molecular weight is 494 g/mol. The second-order valence-corrected chi connectivity index (χ2v) is 7.84. The Bertz CT molecular complexity index is 471. The molecule has 27 heavy (non-hydrogen) atoms. The van der Waals surface area contributed by atoms with Crippen LogP contribution in [0, 0.1) is 5.92 Å². The van der Waals surface area contributed by atoms with E-state index < -0.39 is 0 Å². The molecule has 2 rings (SSSR count). The fourth-order valence-electron chi connectivity index (χ4n) is 3.74. The number of hydrogen-bond acceptors (Lipinski definition) is 4. The summed E-state index contributed by atoms with van der Waals surface area (Å²) in [6.07, 6.45) is 0. The van der Waals surface area contributed by atoms with Gasteiger partial charge in [0.2, 0.25) is 5.91 Å². The lowest BCUT2D eigenvalue weighted by atomic mass is 10.0.